The summed E-state index contributed by atoms with van der Waals surface area (Å²) in [5.41, 5.74) is 0.600. The Labute approximate surface area is 105 Å². The Balaban J connectivity index is 2.02. The largest absolute Gasteiger partial charge is 0.351 e. The van der Waals surface area contributed by atoms with Crippen molar-refractivity contribution >= 4 is 23.2 Å². The number of rotatable bonds is 3. The van der Waals surface area contributed by atoms with Crippen molar-refractivity contribution < 1.29 is 9.18 Å². The van der Waals surface area contributed by atoms with E-state index in [9.17, 15) is 9.18 Å². The molecule has 1 fully saturated rings. The minimum atomic E-state index is -0.275. The van der Waals surface area contributed by atoms with Gasteiger partial charge in [-0.25, -0.2) is 4.39 Å². The number of carbonyl (C=O) groups is 1. The number of halogens is 1. The second-order valence-electron chi connectivity index (χ2n) is 4.00. The Morgan fingerprint density at radius 3 is 2.76 bits per heavy atom. The van der Waals surface area contributed by atoms with Crippen molar-refractivity contribution in [2.24, 2.45) is 0 Å². The van der Waals surface area contributed by atoms with E-state index < -0.39 is 0 Å². The summed E-state index contributed by atoms with van der Waals surface area (Å²) < 4.78 is 13.4. The lowest BCUT2D eigenvalue weighted by atomic mass is 10.1. The summed E-state index contributed by atoms with van der Waals surface area (Å²) in [5, 5.41) is 3.31. The molecular weight excluding hydrogens is 239 g/mol. The molecule has 1 aliphatic rings. The maximum Gasteiger partial charge on any atom is 0.251 e. The van der Waals surface area contributed by atoms with E-state index in [1.165, 1.54) is 11.0 Å². The van der Waals surface area contributed by atoms with Gasteiger partial charge in [0, 0.05) is 6.54 Å². The van der Waals surface area contributed by atoms with Gasteiger partial charge in [-0.2, -0.15) is 0 Å². The van der Waals surface area contributed by atoms with Gasteiger partial charge in [-0.15, -0.1) is 0 Å². The molecule has 1 aromatic carbocycles. The van der Waals surface area contributed by atoms with Crippen molar-refractivity contribution in [1.29, 1.82) is 0 Å². The quantitative estimate of drug-likeness (QED) is 0.827. The van der Waals surface area contributed by atoms with Crippen LogP contribution in [0.4, 0.5) is 4.39 Å². The Bertz CT molecular complexity index is 464. The van der Waals surface area contributed by atoms with E-state index in [4.69, 9.17) is 12.2 Å². The Kier molecular flexibility index (Phi) is 3.38. The number of hydrogen-bond donors (Lipinski definition) is 1. The van der Waals surface area contributed by atoms with Gasteiger partial charge >= 0.3 is 0 Å². The minimum absolute atomic E-state index is 0.0497. The molecule has 1 heterocycles. The van der Waals surface area contributed by atoms with Gasteiger partial charge in [-0.05, 0) is 37.2 Å². The average Bonchev–Trinajstić information content (AvgIpc) is 2.53. The third-order valence-electron chi connectivity index (χ3n) is 2.78. The lowest BCUT2D eigenvalue weighted by Gasteiger charge is -2.14. The van der Waals surface area contributed by atoms with E-state index in [0.29, 0.717) is 23.6 Å². The summed E-state index contributed by atoms with van der Waals surface area (Å²) in [6.45, 7) is 2.17. The SMILES string of the molecule is C[C@H]1NC(=S)N(CCc2ccccc2F)C1=O. The van der Waals surface area contributed by atoms with Crippen LogP contribution in [0.3, 0.4) is 0 Å². The van der Waals surface area contributed by atoms with Crippen molar-refractivity contribution in [3.63, 3.8) is 0 Å². The van der Waals surface area contributed by atoms with Crippen LogP contribution in [0.5, 0.6) is 0 Å². The van der Waals surface area contributed by atoms with Crippen LogP contribution >= 0.6 is 12.2 Å². The second-order valence-corrected chi connectivity index (χ2v) is 4.39. The van der Waals surface area contributed by atoms with Crippen LogP contribution in [0, 0.1) is 5.82 Å². The van der Waals surface area contributed by atoms with Crippen LogP contribution in [0.2, 0.25) is 0 Å². The molecule has 0 saturated carbocycles. The van der Waals surface area contributed by atoms with Crippen LogP contribution in [-0.2, 0) is 11.2 Å². The molecule has 2 rings (SSSR count). The summed E-state index contributed by atoms with van der Waals surface area (Å²) in [6.07, 6.45) is 0.465. The standard InChI is InChI=1S/C12H13FN2OS/c1-8-11(16)15(12(17)14-8)7-6-9-4-2-3-5-10(9)13/h2-5,8H,6-7H2,1H3,(H,14,17)/t8-/m1/s1. The van der Waals surface area contributed by atoms with Gasteiger partial charge in [0.2, 0.25) is 0 Å². The van der Waals surface area contributed by atoms with Crippen LogP contribution in [0.15, 0.2) is 24.3 Å². The van der Waals surface area contributed by atoms with Gasteiger partial charge in [-0.1, -0.05) is 18.2 Å². The average molecular weight is 252 g/mol. The highest BCUT2D eigenvalue weighted by Crippen LogP contribution is 2.11. The number of nitrogens with one attached hydrogen (secondary N) is 1. The fourth-order valence-corrected chi connectivity index (χ4v) is 2.16. The number of amides is 1. The molecule has 1 aromatic rings. The highest BCUT2D eigenvalue weighted by molar-refractivity contribution is 7.80. The first kappa shape index (κ1) is 12.0. The molecule has 17 heavy (non-hydrogen) atoms. The molecule has 0 aromatic heterocycles. The zero-order valence-electron chi connectivity index (χ0n) is 9.44. The number of benzene rings is 1. The third-order valence-corrected chi connectivity index (χ3v) is 3.12. The van der Waals surface area contributed by atoms with Gasteiger partial charge in [-0.3, -0.25) is 9.69 Å². The van der Waals surface area contributed by atoms with Crippen LogP contribution in [-0.4, -0.2) is 28.5 Å². The molecule has 0 unspecified atom stereocenters. The first-order valence-electron chi connectivity index (χ1n) is 5.45. The molecule has 1 atom stereocenters. The van der Waals surface area contributed by atoms with Crippen molar-refractivity contribution in [3.8, 4) is 0 Å². The summed E-state index contributed by atoms with van der Waals surface area (Å²) in [5.74, 6) is -0.294. The number of nitrogens with zero attached hydrogens (tertiary/aromatic N) is 1. The first-order valence-corrected chi connectivity index (χ1v) is 5.85. The Hall–Kier alpha value is -1.49. The summed E-state index contributed by atoms with van der Waals surface area (Å²) >= 11 is 5.04. The molecule has 0 radical (unpaired) electrons. The normalized spacial score (nSPS) is 19.6. The minimum Gasteiger partial charge on any atom is -0.351 e. The van der Waals surface area contributed by atoms with E-state index in [1.807, 2.05) is 0 Å². The lowest BCUT2D eigenvalue weighted by Crippen LogP contribution is -2.33. The van der Waals surface area contributed by atoms with Gasteiger partial charge in [0.25, 0.3) is 5.91 Å². The number of thiocarbonyl (C=S) groups is 1. The highest BCUT2D eigenvalue weighted by Gasteiger charge is 2.31. The van der Waals surface area contributed by atoms with Crippen LogP contribution in [0.1, 0.15) is 12.5 Å². The smallest absolute Gasteiger partial charge is 0.251 e. The predicted molar refractivity (Wildman–Crippen MR) is 67.0 cm³/mol. The molecule has 1 saturated heterocycles. The lowest BCUT2D eigenvalue weighted by molar-refractivity contribution is -0.126. The maximum atomic E-state index is 13.4. The maximum absolute atomic E-state index is 13.4. The molecule has 5 heteroatoms. The van der Waals surface area contributed by atoms with E-state index in [1.54, 1.807) is 25.1 Å². The summed E-state index contributed by atoms with van der Waals surface area (Å²) in [4.78, 5) is 13.2. The van der Waals surface area contributed by atoms with Crippen LogP contribution < -0.4 is 5.32 Å². The molecule has 1 N–H and O–H groups in total. The Morgan fingerprint density at radius 2 is 2.18 bits per heavy atom. The Morgan fingerprint density at radius 1 is 1.47 bits per heavy atom. The van der Waals surface area contributed by atoms with E-state index in [2.05, 4.69) is 5.32 Å². The van der Waals surface area contributed by atoms with Crippen molar-refractivity contribution in [3.05, 3.63) is 35.6 Å². The first-order chi connectivity index (χ1) is 8.09. The number of carbonyl (C=O) groups excluding carboxylic acids is 1. The third kappa shape index (κ3) is 2.44. The van der Waals surface area contributed by atoms with Gasteiger partial charge in [0.1, 0.15) is 11.9 Å². The topological polar surface area (TPSA) is 32.3 Å². The fourth-order valence-electron chi connectivity index (χ4n) is 1.80. The molecule has 0 aliphatic carbocycles. The molecule has 0 spiro atoms. The fraction of sp³-hybridized carbons (Fsp3) is 0.333. The van der Waals surface area contributed by atoms with E-state index in [0.717, 1.165) is 0 Å². The van der Waals surface area contributed by atoms with Gasteiger partial charge in [0.15, 0.2) is 5.11 Å². The van der Waals surface area contributed by atoms with E-state index in [-0.39, 0.29) is 17.8 Å². The monoisotopic (exact) mass is 252 g/mol. The van der Waals surface area contributed by atoms with E-state index >= 15 is 0 Å². The molecule has 0 bridgehead atoms. The van der Waals surface area contributed by atoms with Crippen molar-refractivity contribution in [2.45, 2.75) is 19.4 Å². The molecule has 3 nitrogen and oxygen atoms in total. The summed E-state index contributed by atoms with van der Waals surface area (Å²) in [7, 11) is 0. The molecule has 1 amide bonds. The van der Waals surface area contributed by atoms with Crippen LogP contribution in [0.25, 0.3) is 0 Å². The van der Waals surface area contributed by atoms with Gasteiger partial charge < -0.3 is 5.32 Å². The van der Waals surface area contributed by atoms with Gasteiger partial charge in [0.05, 0.1) is 0 Å². The van der Waals surface area contributed by atoms with Crippen molar-refractivity contribution in [2.75, 3.05) is 6.54 Å². The second kappa shape index (κ2) is 4.79. The zero-order chi connectivity index (χ0) is 12.4. The number of hydrogen-bond acceptors (Lipinski definition) is 2. The molecule has 90 valence electrons. The zero-order valence-corrected chi connectivity index (χ0v) is 10.3. The predicted octanol–water partition coefficient (Wildman–Crippen LogP) is 1.47. The van der Waals surface area contributed by atoms with Crippen molar-refractivity contribution in [1.82, 2.24) is 10.2 Å². The summed E-state index contributed by atoms with van der Waals surface area (Å²) in [6, 6.07) is 6.29. The molecular formula is C12H13FN2OS. The molecule has 1 aliphatic heterocycles. The highest BCUT2D eigenvalue weighted by atomic mass is 32.1.